The molecular formula is C34H42ClN3O4S. The van der Waals surface area contributed by atoms with Gasteiger partial charge in [0.2, 0.25) is 21.8 Å². The Bertz CT molecular complexity index is 1470. The molecule has 4 rings (SSSR count). The van der Waals surface area contributed by atoms with Gasteiger partial charge in [0, 0.05) is 24.0 Å². The lowest BCUT2D eigenvalue weighted by molar-refractivity contribution is -0.140. The zero-order valence-corrected chi connectivity index (χ0v) is 26.8. The molecule has 1 fully saturated rings. The number of halogens is 1. The minimum Gasteiger partial charge on any atom is -0.352 e. The molecule has 43 heavy (non-hydrogen) atoms. The molecule has 0 bridgehead atoms. The summed E-state index contributed by atoms with van der Waals surface area (Å²) in [6.07, 6.45) is 6.44. The standard InChI is InChI=1S/C34H42ClN3O4S/c1-25(2)28-17-19-31(20-18-28)38(43(3,41)42)24-33(39)37(23-27-13-10-14-29(35)21-27)32(22-26-11-6-4-7-12-26)34(40)36-30-15-8-5-9-16-30/h4,6-7,10-14,17-21,25,30,32H,5,8-9,15-16,22-24H2,1-3H3,(H,36,40). The quantitative estimate of drug-likeness (QED) is 0.256. The molecule has 0 spiro atoms. The number of amides is 2. The van der Waals surface area contributed by atoms with Gasteiger partial charge in [0.15, 0.2) is 0 Å². The maximum absolute atomic E-state index is 14.3. The summed E-state index contributed by atoms with van der Waals surface area (Å²) in [5, 5.41) is 3.73. The number of hydrogen-bond donors (Lipinski definition) is 1. The fourth-order valence-corrected chi connectivity index (χ4v) is 6.63. The number of sulfonamides is 1. The van der Waals surface area contributed by atoms with Crippen LogP contribution >= 0.6 is 11.6 Å². The number of anilines is 1. The van der Waals surface area contributed by atoms with Crippen molar-refractivity contribution in [1.29, 1.82) is 0 Å². The number of nitrogens with zero attached hydrogens (tertiary/aromatic N) is 2. The molecule has 0 aromatic heterocycles. The number of rotatable bonds is 12. The van der Waals surface area contributed by atoms with Crippen LogP contribution in [0.1, 0.15) is 68.6 Å². The summed E-state index contributed by atoms with van der Waals surface area (Å²) >= 11 is 6.30. The van der Waals surface area contributed by atoms with Crippen LogP contribution in [0.4, 0.5) is 5.69 Å². The number of carbonyl (C=O) groups excluding carboxylic acids is 2. The Morgan fingerprint density at radius 2 is 1.56 bits per heavy atom. The Kier molecular flexibility index (Phi) is 11.3. The molecule has 1 saturated carbocycles. The molecule has 1 N–H and O–H groups in total. The number of nitrogens with one attached hydrogen (secondary N) is 1. The Balaban J connectivity index is 1.71. The van der Waals surface area contributed by atoms with Crippen LogP contribution in [0.25, 0.3) is 0 Å². The third-order valence-corrected chi connectivity index (χ3v) is 9.37. The van der Waals surface area contributed by atoms with Crippen LogP contribution < -0.4 is 9.62 Å². The van der Waals surface area contributed by atoms with E-state index < -0.39 is 28.5 Å². The summed E-state index contributed by atoms with van der Waals surface area (Å²) in [6.45, 7) is 3.78. The van der Waals surface area contributed by atoms with E-state index in [0.29, 0.717) is 10.7 Å². The van der Waals surface area contributed by atoms with Crippen LogP contribution in [0, 0.1) is 0 Å². The predicted molar refractivity (Wildman–Crippen MR) is 174 cm³/mol. The summed E-state index contributed by atoms with van der Waals surface area (Å²) in [5.74, 6) is -0.437. The van der Waals surface area contributed by atoms with Gasteiger partial charge in [-0.3, -0.25) is 13.9 Å². The van der Waals surface area contributed by atoms with Crippen molar-refractivity contribution in [2.75, 3.05) is 17.1 Å². The largest absolute Gasteiger partial charge is 0.352 e. The molecule has 0 aliphatic heterocycles. The second kappa shape index (κ2) is 14.9. The van der Waals surface area contributed by atoms with Gasteiger partial charge in [0.25, 0.3) is 0 Å². The van der Waals surface area contributed by atoms with Crippen molar-refractivity contribution < 1.29 is 18.0 Å². The Morgan fingerprint density at radius 1 is 0.907 bits per heavy atom. The first-order valence-electron chi connectivity index (χ1n) is 15.0. The van der Waals surface area contributed by atoms with Crippen LogP contribution in [0.5, 0.6) is 0 Å². The van der Waals surface area contributed by atoms with Gasteiger partial charge in [-0.1, -0.05) is 99.3 Å². The van der Waals surface area contributed by atoms with Crippen LogP contribution in [-0.2, 0) is 32.6 Å². The maximum atomic E-state index is 14.3. The van der Waals surface area contributed by atoms with Crippen LogP contribution in [0.15, 0.2) is 78.9 Å². The van der Waals surface area contributed by atoms with Crippen molar-refractivity contribution in [3.05, 3.63) is 101 Å². The van der Waals surface area contributed by atoms with Crippen molar-refractivity contribution in [1.82, 2.24) is 10.2 Å². The van der Waals surface area contributed by atoms with E-state index >= 15 is 0 Å². The molecule has 0 radical (unpaired) electrons. The van der Waals surface area contributed by atoms with Gasteiger partial charge in [-0.25, -0.2) is 8.42 Å². The van der Waals surface area contributed by atoms with E-state index in [9.17, 15) is 18.0 Å². The number of benzene rings is 3. The molecule has 3 aromatic carbocycles. The van der Waals surface area contributed by atoms with Crippen molar-refractivity contribution >= 4 is 39.1 Å². The summed E-state index contributed by atoms with van der Waals surface area (Å²) < 4.78 is 27.2. The lowest BCUT2D eigenvalue weighted by atomic mass is 9.94. The van der Waals surface area contributed by atoms with Crippen LogP contribution in [-0.4, -0.2) is 50.0 Å². The highest BCUT2D eigenvalue weighted by Crippen LogP contribution is 2.24. The lowest BCUT2D eigenvalue weighted by Gasteiger charge is -2.35. The predicted octanol–water partition coefficient (Wildman–Crippen LogP) is 6.32. The second-order valence-electron chi connectivity index (χ2n) is 11.7. The van der Waals surface area contributed by atoms with Gasteiger partial charge in [0.05, 0.1) is 11.9 Å². The van der Waals surface area contributed by atoms with Gasteiger partial charge in [-0.2, -0.15) is 0 Å². The second-order valence-corrected chi connectivity index (χ2v) is 14.1. The first-order chi connectivity index (χ1) is 20.5. The highest BCUT2D eigenvalue weighted by molar-refractivity contribution is 7.92. The molecular weight excluding hydrogens is 582 g/mol. The van der Waals surface area contributed by atoms with Crippen molar-refractivity contribution in [2.24, 2.45) is 0 Å². The zero-order valence-electron chi connectivity index (χ0n) is 25.2. The van der Waals surface area contributed by atoms with Gasteiger partial charge >= 0.3 is 0 Å². The van der Waals surface area contributed by atoms with E-state index in [2.05, 4.69) is 19.2 Å². The average Bonchev–Trinajstić information content (AvgIpc) is 2.98. The molecule has 1 atom stereocenters. The van der Waals surface area contributed by atoms with Gasteiger partial charge < -0.3 is 10.2 Å². The number of hydrogen-bond acceptors (Lipinski definition) is 4. The van der Waals surface area contributed by atoms with E-state index in [4.69, 9.17) is 11.6 Å². The number of carbonyl (C=O) groups is 2. The Hall–Kier alpha value is -3.36. The summed E-state index contributed by atoms with van der Waals surface area (Å²) in [5.41, 5.74) is 3.11. The molecule has 7 nitrogen and oxygen atoms in total. The smallest absolute Gasteiger partial charge is 0.244 e. The lowest BCUT2D eigenvalue weighted by Crippen LogP contribution is -2.55. The highest BCUT2D eigenvalue weighted by atomic mass is 35.5. The average molecular weight is 624 g/mol. The third kappa shape index (κ3) is 9.31. The van der Waals surface area contributed by atoms with E-state index in [1.54, 1.807) is 30.3 Å². The molecule has 1 aliphatic rings. The molecule has 0 saturated heterocycles. The fourth-order valence-electron chi connectivity index (χ4n) is 5.57. The molecule has 230 valence electrons. The molecule has 0 heterocycles. The van der Waals surface area contributed by atoms with E-state index in [0.717, 1.165) is 59.4 Å². The van der Waals surface area contributed by atoms with Crippen molar-refractivity contribution in [2.45, 2.75) is 76.9 Å². The molecule has 9 heteroatoms. The van der Waals surface area contributed by atoms with Crippen LogP contribution in [0.3, 0.4) is 0 Å². The van der Waals surface area contributed by atoms with Crippen molar-refractivity contribution in [3.63, 3.8) is 0 Å². The third-order valence-electron chi connectivity index (χ3n) is 7.99. The van der Waals surface area contributed by atoms with Gasteiger partial charge in [-0.15, -0.1) is 0 Å². The van der Waals surface area contributed by atoms with Gasteiger partial charge in [-0.05, 0) is 59.7 Å². The minimum atomic E-state index is -3.82. The monoisotopic (exact) mass is 623 g/mol. The first-order valence-corrected chi connectivity index (χ1v) is 17.2. The molecule has 3 aromatic rings. The van der Waals surface area contributed by atoms with Crippen LogP contribution in [0.2, 0.25) is 5.02 Å². The molecule has 1 aliphatic carbocycles. The topological polar surface area (TPSA) is 86.8 Å². The highest BCUT2D eigenvalue weighted by Gasteiger charge is 2.34. The summed E-state index contributed by atoms with van der Waals surface area (Å²) in [7, 11) is -3.82. The summed E-state index contributed by atoms with van der Waals surface area (Å²) in [4.78, 5) is 29.8. The van der Waals surface area contributed by atoms with E-state index in [1.165, 1.54) is 4.90 Å². The first kappa shape index (κ1) is 32.6. The van der Waals surface area contributed by atoms with E-state index in [1.807, 2.05) is 48.5 Å². The minimum absolute atomic E-state index is 0.0506. The summed E-state index contributed by atoms with van der Waals surface area (Å²) in [6, 6.07) is 23.1. The SMILES string of the molecule is CC(C)c1ccc(N(CC(=O)N(Cc2cccc(Cl)c2)C(Cc2ccccc2)C(=O)NC2CCCCC2)S(C)(=O)=O)cc1. The molecule has 2 amide bonds. The van der Waals surface area contributed by atoms with E-state index in [-0.39, 0.29) is 30.8 Å². The van der Waals surface area contributed by atoms with Gasteiger partial charge in [0.1, 0.15) is 12.6 Å². The zero-order chi connectivity index (χ0) is 31.0. The normalized spacial score (nSPS) is 14.7. The maximum Gasteiger partial charge on any atom is 0.244 e. The Morgan fingerprint density at radius 3 is 2.16 bits per heavy atom. The Labute approximate surface area is 261 Å². The van der Waals surface area contributed by atoms with Crippen molar-refractivity contribution in [3.8, 4) is 0 Å². The fraction of sp³-hybridized carbons (Fsp3) is 0.412. The molecule has 1 unspecified atom stereocenters.